The van der Waals surface area contributed by atoms with E-state index in [1.807, 2.05) is 11.8 Å². The van der Waals surface area contributed by atoms with E-state index in [0.29, 0.717) is 41.6 Å². The Morgan fingerprint density at radius 3 is 2.59 bits per heavy atom. The highest BCUT2D eigenvalue weighted by Crippen LogP contribution is 2.33. The maximum Gasteiger partial charge on any atom is 0.265 e. The standard InChI is InChI=1S/C20H24N4O4S/c1-13-18(20(26)22(2)3)29-17(21-13)11-23-6-8-24(9-7-23)19(25)14-4-5-15-16(10-14)28-12-27-15/h4-5,10H,6-9,11-12H2,1-3H3. The van der Waals surface area contributed by atoms with Gasteiger partial charge in [-0.05, 0) is 25.1 Å². The topological polar surface area (TPSA) is 75.2 Å². The summed E-state index contributed by atoms with van der Waals surface area (Å²) in [6.45, 7) is 5.61. The normalized spacial score (nSPS) is 16.2. The summed E-state index contributed by atoms with van der Waals surface area (Å²) in [5.74, 6) is 1.30. The highest BCUT2D eigenvalue weighted by molar-refractivity contribution is 7.13. The Morgan fingerprint density at radius 2 is 1.86 bits per heavy atom. The summed E-state index contributed by atoms with van der Waals surface area (Å²) in [6, 6.07) is 5.31. The minimum absolute atomic E-state index is 0.00640. The molecule has 29 heavy (non-hydrogen) atoms. The number of nitrogens with zero attached hydrogens (tertiary/aromatic N) is 4. The summed E-state index contributed by atoms with van der Waals surface area (Å²) in [5, 5.41) is 0.934. The molecule has 2 aliphatic heterocycles. The molecule has 3 heterocycles. The third kappa shape index (κ3) is 4.06. The van der Waals surface area contributed by atoms with Crippen LogP contribution in [0.25, 0.3) is 0 Å². The monoisotopic (exact) mass is 416 g/mol. The van der Waals surface area contributed by atoms with Crippen LogP contribution < -0.4 is 9.47 Å². The van der Waals surface area contributed by atoms with E-state index in [0.717, 1.165) is 23.8 Å². The van der Waals surface area contributed by atoms with Crippen LogP contribution in [0.2, 0.25) is 0 Å². The number of fused-ring (bicyclic) bond motifs is 1. The molecule has 0 N–H and O–H groups in total. The van der Waals surface area contributed by atoms with Crippen LogP contribution in [0.15, 0.2) is 18.2 Å². The van der Waals surface area contributed by atoms with Gasteiger partial charge in [-0.25, -0.2) is 4.98 Å². The predicted molar refractivity (Wildman–Crippen MR) is 109 cm³/mol. The Kier molecular flexibility index (Phi) is 5.42. The molecule has 0 radical (unpaired) electrons. The van der Waals surface area contributed by atoms with Crippen molar-refractivity contribution in [2.24, 2.45) is 0 Å². The Morgan fingerprint density at radius 1 is 1.14 bits per heavy atom. The maximum atomic E-state index is 12.8. The van der Waals surface area contributed by atoms with Crippen LogP contribution in [0.5, 0.6) is 11.5 Å². The number of hydrogen-bond acceptors (Lipinski definition) is 7. The number of carbonyl (C=O) groups is 2. The van der Waals surface area contributed by atoms with E-state index < -0.39 is 0 Å². The van der Waals surface area contributed by atoms with E-state index in [1.54, 1.807) is 37.2 Å². The lowest BCUT2D eigenvalue weighted by molar-refractivity contribution is 0.0627. The number of hydrogen-bond donors (Lipinski definition) is 0. The van der Waals surface area contributed by atoms with Crippen molar-refractivity contribution in [2.75, 3.05) is 47.1 Å². The molecule has 1 saturated heterocycles. The van der Waals surface area contributed by atoms with Crippen LogP contribution in [0, 0.1) is 6.92 Å². The molecular weight excluding hydrogens is 392 g/mol. The van der Waals surface area contributed by atoms with Crippen LogP contribution in [-0.4, -0.2) is 78.6 Å². The molecule has 1 fully saturated rings. The fourth-order valence-corrected chi connectivity index (χ4v) is 4.56. The van der Waals surface area contributed by atoms with Gasteiger partial charge in [-0.1, -0.05) is 0 Å². The fourth-order valence-electron chi connectivity index (χ4n) is 3.43. The number of aryl methyl sites for hydroxylation is 1. The number of carbonyl (C=O) groups excluding carboxylic acids is 2. The van der Waals surface area contributed by atoms with Gasteiger partial charge in [0.05, 0.1) is 12.2 Å². The molecular formula is C20H24N4O4S. The highest BCUT2D eigenvalue weighted by Gasteiger charge is 2.25. The first-order valence-electron chi connectivity index (χ1n) is 9.51. The number of amides is 2. The zero-order valence-corrected chi connectivity index (χ0v) is 17.6. The molecule has 0 atom stereocenters. The van der Waals surface area contributed by atoms with Gasteiger partial charge in [0.25, 0.3) is 11.8 Å². The molecule has 0 spiro atoms. The lowest BCUT2D eigenvalue weighted by Gasteiger charge is -2.34. The molecule has 2 aliphatic rings. The van der Waals surface area contributed by atoms with Crippen molar-refractivity contribution in [3.63, 3.8) is 0 Å². The van der Waals surface area contributed by atoms with Crippen molar-refractivity contribution in [1.82, 2.24) is 19.7 Å². The highest BCUT2D eigenvalue weighted by atomic mass is 32.1. The molecule has 1 aromatic heterocycles. The second kappa shape index (κ2) is 8.00. The summed E-state index contributed by atoms with van der Waals surface area (Å²) in [5.41, 5.74) is 1.39. The number of ether oxygens (including phenoxy) is 2. The molecule has 0 bridgehead atoms. The number of rotatable bonds is 4. The molecule has 2 aromatic rings. The molecule has 9 heteroatoms. The van der Waals surface area contributed by atoms with Crippen LogP contribution in [0.1, 0.15) is 30.7 Å². The summed E-state index contributed by atoms with van der Waals surface area (Å²) in [7, 11) is 3.50. The van der Waals surface area contributed by atoms with Crippen molar-refractivity contribution >= 4 is 23.2 Å². The van der Waals surface area contributed by atoms with Gasteiger partial charge in [0.2, 0.25) is 6.79 Å². The molecule has 0 unspecified atom stereocenters. The van der Waals surface area contributed by atoms with Gasteiger partial charge in [-0.2, -0.15) is 0 Å². The van der Waals surface area contributed by atoms with Gasteiger partial charge < -0.3 is 19.3 Å². The van der Waals surface area contributed by atoms with Gasteiger partial charge in [0.15, 0.2) is 11.5 Å². The largest absolute Gasteiger partial charge is 0.454 e. The second-order valence-corrected chi connectivity index (χ2v) is 8.44. The van der Waals surface area contributed by atoms with Gasteiger partial charge in [-0.3, -0.25) is 14.5 Å². The van der Waals surface area contributed by atoms with Gasteiger partial charge in [0, 0.05) is 45.8 Å². The summed E-state index contributed by atoms with van der Waals surface area (Å²) in [6.07, 6.45) is 0. The minimum Gasteiger partial charge on any atom is -0.454 e. The first-order chi connectivity index (χ1) is 13.9. The van der Waals surface area contributed by atoms with Crippen LogP contribution in [0.3, 0.4) is 0 Å². The predicted octanol–water partition coefficient (Wildman–Crippen LogP) is 1.84. The zero-order valence-electron chi connectivity index (χ0n) is 16.8. The van der Waals surface area contributed by atoms with Gasteiger partial charge >= 0.3 is 0 Å². The third-order valence-corrected chi connectivity index (χ3v) is 6.21. The first kappa shape index (κ1) is 19.7. The number of piperazine rings is 1. The Labute approximate surface area is 173 Å². The Bertz CT molecular complexity index is 935. The van der Waals surface area contributed by atoms with Crippen LogP contribution in [0.4, 0.5) is 0 Å². The van der Waals surface area contributed by atoms with E-state index in [-0.39, 0.29) is 18.6 Å². The van der Waals surface area contributed by atoms with Crippen molar-refractivity contribution in [3.05, 3.63) is 39.3 Å². The summed E-state index contributed by atoms with van der Waals surface area (Å²) >= 11 is 1.45. The maximum absolute atomic E-state index is 12.8. The smallest absolute Gasteiger partial charge is 0.265 e. The van der Waals surface area contributed by atoms with Gasteiger partial charge in [0.1, 0.15) is 9.88 Å². The first-order valence-corrected chi connectivity index (χ1v) is 10.3. The molecule has 0 saturated carbocycles. The Hall–Kier alpha value is -2.65. The number of thiazole rings is 1. The third-order valence-electron chi connectivity index (χ3n) is 5.08. The van der Waals surface area contributed by atoms with Crippen LogP contribution in [-0.2, 0) is 6.54 Å². The quantitative estimate of drug-likeness (QED) is 0.757. The van der Waals surface area contributed by atoms with Gasteiger partial charge in [-0.15, -0.1) is 11.3 Å². The number of aromatic nitrogens is 1. The lowest BCUT2D eigenvalue weighted by Crippen LogP contribution is -2.48. The molecule has 8 nitrogen and oxygen atoms in total. The van der Waals surface area contributed by atoms with Crippen molar-refractivity contribution in [3.8, 4) is 11.5 Å². The Balaban J connectivity index is 1.34. The molecule has 1 aromatic carbocycles. The zero-order chi connectivity index (χ0) is 20.5. The van der Waals surface area contributed by atoms with E-state index >= 15 is 0 Å². The van der Waals surface area contributed by atoms with E-state index in [9.17, 15) is 9.59 Å². The van der Waals surface area contributed by atoms with E-state index in [2.05, 4.69) is 9.88 Å². The molecule has 154 valence electrons. The SMILES string of the molecule is Cc1nc(CN2CCN(C(=O)c3ccc4c(c3)OCO4)CC2)sc1C(=O)N(C)C. The average Bonchev–Trinajstić information content (AvgIpc) is 3.33. The fraction of sp³-hybridized carbons (Fsp3) is 0.450. The molecule has 4 rings (SSSR count). The number of benzene rings is 1. The second-order valence-electron chi connectivity index (χ2n) is 7.36. The molecule has 2 amide bonds. The van der Waals surface area contributed by atoms with Crippen LogP contribution >= 0.6 is 11.3 Å². The summed E-state index contributed by atoms with van der Waals surface area (Å²) in [4.78, 5) is 36.0. The van der Waals surface area contributed by atoms with Crippen molar-refractivity contribution in [1.29, 1.82) is 0 Å². The average molecular weight is 417 g/mol. The summed E-state index contributed by atoms with van der Waals surface area (Å²) < 4.78 is 10.7. The minimum atomic E-state index is -0.00890. The van der Waals surface area contributed by atoms with Crippen molar-refractivity contribution < 1.29 is 19.1 Å². The lowest BCUT2D eigenvalue weighted by atomic mass is 10.1. The van der Waals surface area contributed by atoms with Crippen molar-refractivity contribution in [2.45, 2.75) is 13.5 Å². The van der Waals surface area contributed by atoms with E-state index in [4.69, 9.17) is 9.47 Å². The van der Waals surface area contributed by atoms with E-state index in [1.165, 1.54) is 11.3 Å². The molecule has 0 aliphatic carbocycles.